The molecule has 26 heavy (non-hydrogen) atoms. The molecule has 1 aromatic carbocycles. The molecule has 2 aromatic heterocycles. The van der Waals surface area contributed by atoms with Crippen LogP contribution in [0.4, 0.5) is 5.69 Å². The first kappa shape index (κ1) is 17.7. The molecule has 1 N–H and O–H groups in total. The maximum Gasteiger partial charge on any atom is 0.339 e. The molecule has 2 heterocycles. The first-order chi connectivity index (χ1) is 12.5. The van der Waals surface area contributed by atoms with E-state index in [2.05, 4.69) is 21.8 Å². The zero-order chi connectivity index (χ0) is 18.7. The van der Waals surface area contributed by atoms with Crippen molar-refractivity contribution in [2.24, 2.45) is 0 Å². The summed E-state index contributed by atoms with van der Waals surface area (Å²) in [5.74, 6) is -0.756. The van der Waals surface area contributed by atoms with Gasteiger partial charge in [-0.2, -0.15) is 0 Å². The molecular formula is C20H21N3O3. The van der Waals surface area contributed by atoms with Crippen LogP contribution in [-0.2, 0) is 11.3 Å². The number of carbonyl (C=O) groups excluding carboxylic acids is 2. The Bertz CT molecular complexity index is 976. The normalized spacial score (nSPS) is 10.7. The van der Waals surface area contributed by atoms with Crippen molar-refractivity contribution in [3.8, 4) is 0 Å². The van der Waals surface area contributed by atoms with Gasteiger partial charge in [-0.1, -0.05) is 0 Å². The lowest BCUT2D eigenvalue weighted by atomic mass is 10.1. The number of ether oxygens (including phenoxy) is 1. The third-order valence-corrected chi connectivity index (χ3v) is 4.18. The van der Waals surface area contributed by atoms with E-state index in [1.54, 1.807) is 19.9 Å². The third-order valence-electron chi connectivity index (χ3n) is 4.18. The van der Waals surface area contributed by atoms with Crippen molar-refractivity contribution in [2.45, 2.75) is 27.3 Å². The van der Waals surface area contributed by atoms with E-state index in [1.807, 2.05) is 30.5 Å². The molecule has 0 unspecified atom stereocenters. The number of amides is 1. The second-order valence-electron chi connectivity index (χ2n) is 5.88. The predicted octanol–water partition coefficient (Wildman–Crippen LogP) is 3.79. The minimum Gasteiger partial charge on any atom is -0.462 e. The van der Waals surface area contributed by atoms with Gasteiger partial charge in [0.15, 0.2) is 0 Å². The fourth-order valence-electron chi connectivity index (χ4n) is 2.86. The number of rotatable bonds is 5. The van der Waals surface area contributed by atoms with E-state index in [9.17, 15) is 9.59 Å². The van der Waals surface area contributed by atoms with E-state index >= 15 is 0 Å². The van der Waals surface area contributed by atoms with E-state index < -0.39 is 5.97 Å². The van der Waals surface area contributed by atoms with Gasteiger partial charge in [-0.3, -0.25) is 4.79 Å². The third kappa shape index (κ3) is 3.44. The fourth-order valence-corrected chi connectivity index (χ4v) is 2.86. The topological polar surface area (TPSA) is 73.2 Å². The van der Waals surface area contributed by atoms with E-state index in [0.717, 1.165) is 17.4 Å². The molecule has 0 atom stereocenters. The molecule has 6 heteroatoms. The molecule has 0 aliphatic rings. The molecule has 0 saturated carbocycles. The van der Waals surface area contributed by atoms with Crippen molar-refractivity contribution in [1.29, 1.82) is 0 Å². The number of fused-ring (bicyclic) bond motifs is 1. The highest BCUT2D eigenvalue weighted by Crippen LogP contribution is 2.21. The molecule has 0 fully saturated rings. The average Bonchev–Trinajstić information content (AvgIpc) is 3.04. The van der Waals surface area contributed by atoms with Crippen LogP contribution >= 0.6 is 0 Å². The summed E-state index contributed by atoms with van der Waals surface area (Å²) in [6.45, 7) is 6.70. The Kier molecular flexibility index (Phi) is 5.02. The Morgan fingerprint density at radius 3 is 2.65 bits per heavy atom. The van der Waals surface area contributed by atoms with Crippen LogP contribution in [0.5, 0.6) is 0 Å². The zero-order valence-corrected chi connectivity index (χ0v) is 15.1. The summed E-state index contributed by atoms with van der Waals surface area (Å²) in [6, 6.07) is 10.9. The number of aryl methyl sites for hydroxylation is 2. The summed E-state index contributed by atoms with van der Waals surface area (Å²) in [5.41, 5.74) is 2.91. The van der Waals surface area contributed by atoms with Gasteiger partial charge in [0, 0.05) is 29.3 Å². The fraction of sp³-hybridized carbons (Fsp3) is 0.250. The first-order valence-electron chi connectivity index (χ1n) is 8.58. The van der Waals surface area contributed by atoms with Gasteiger partial charge in [0.05, 0.1) is 17.9 Å². The van der Waals surface area contributed by atoms with Gasteiger partial charge in [-0.15, -0.1) is 0 Å². The lowest BCUT2D eigenvalue weighted by Gasteiger charge is -2.09. The molecule has 0 bridgehead atoms. The van der Waals surface area contributed by atoms with Gasteiger partial charge in [-0.05, 0) is 57.2 Å². The van der Waals surface area contributed by atoms with Crippen molar-refractivity contribution in [2.75, 3.05) is 11.9 Å². The van der Waals surface area contributed by atoms with Crippen LogP contribution in [0.25, 0.3) is 10.9 Å². The maximum atomic E-state index is 12.5. The van der Waals surface area contributed by atoms with Crippen LogP contribution in [0, 0.1) is 6.92 Å². The number of hydrogen-bond acceptors (Lipinski definition) is 4. The Hall–Kier alpha value is -3.15. The van der Waals surface area contributed by atoms with E-state index in [-0.39, 0.29) is 11.6 Å². The van der Waals surface area contributed by atoms with Crippen LogP contribution < -0.4 is 5.32 Å². The predicted molar refractivity (Wildman–Crippen MR) is 100 cm³/mol. The Labute approximate surface area is 151 Å². The standard InChI is InChI=1S/C20H21N3O3/c1-4-23-11-10-14-12-15(6-9-18(14)23)22-19(24)17-8-7-16(13(3)21-17)20(25)26-5-2/h6-12H,4-5H2,1-3H3,(H,22,24). The lowest BCUT2D eigenvalue weighted by molar-refractivity contribution is 0.0524. The van der Waals surface area contributed by atoms with Gasteiger partial charge in [-0.25, -0.2) is 9.78 Å². The molecule has 6 nitrogen and oxygen atoms in total. The molecule has 0 radical (unpaired) electrons. The van der Waals surface area contributed by atoms with Gasteiger partial charge in [0.2, 0.25) is 0 Å². The highest BCUT2D eigenvalue weighted by Gasteiger charge is 2.15. The number of esters is 1. The van der Waals surface area contributed by atoms with Crippen molar-refractivity contribution >= 4 is 28.5 Å². The monoisotopic (exact) mass is 351 g/mol. The maximum absolute atomic E-state index is 12.5. The number of pyridine rings is 1. The highest BCUT2D eigenvalue weighted by molar-refractivity contribution is 6.04. The molecule has 0 saturated heterocycles. The number of aromatic nitrogens is 2. The van der Waals surface area contributed by atoms with Gasteiger partial charge in [0.25, 0.3) is 5.91 Å². The number of benzene rings is 1. The van der Waals surface area contributed by atoms with Crippen LogP contribution in [0.15, 0.2) is 42.6 Å². The minimum atomic E-state index is -0.435. The average molecular weight is 351 g/mol. The van der Waals surface area contributed by atoms with Crippen molar-refractivity contribution in [1.82, 2.24) is 9.55 Å². The SMILES string of the molecule is CCOC(=O)c1ccc(C(=O)Nc2ccc3c(ccn3CC)c2)nc1C. The quantitative estimate of drug-likeness (QED) is 0.710. The largest absolute Gasteiger partial charge is 0.462 e. The highest BCUT2D eigenvalue weighted by atomic mass is 16.5. The molecule has 0 spiro atoms. The van der Waals surface area contributed by atoms with Crippen LogP contribution in [0.1, 0.15) is 40.4 Å². The zero-order valence-electron chi connectivity index (χ0n) is 15.1. The molecule has 134 valence electrons. The Balaban J connectivity index is 1.79. The van der Waals surface area contributed by atoms with Crippen molar-refractivity contribution < 1.29 is 14.3 Å². The number of nitrogens with zero attached hydrogens (tertiary/aromatic N) is 2. The second-order valence-corrected chi connectivity index (χ2v) is 5.88. The summed E-state index contributed by atoms with van der Waals surface area (Å²) >= 11 is 0. The Morgan fingerprint density at radius 2 is 1.96 bits per heavy atom. The van der Waals surface area contributed by atoms with Crippen molar-refractivity contribution in [3.05, 3.63) is 59.5 Å². The van der Waals surface area contributed by atoms with Crippen LogP contribution in [0.2, 0.25) is 0 Å². The number of carbonyl (C=O) groups is 2. The molecule has 1 amide bonds. The number of anilines is 1. The summed E-state index contributed by atoms with van der Waals surface area (Å²) in [4.78, 5) is 28.5. The van der Waals surface area contributed by atoms with Crippen molar-refractivity contribution in [3.63, 3.8) is 0 Å². The molecule has 0 aliphatic carbocycles. The second kappa shape index (κ2) is 7.39. The molecule has 3 rings (SSSR count). The summed E-state index contributed by atoms with van der Waals surface area (Å²) in [5, 5.41) is 3.91. The summed E-state index contributed by atoms with van der Waals surface area (Å²) in [6.07, 6.45) is 2.02. The number of hydrogen-bond donors (Lipinski definition) is 1. The number of nitrogens with one attached hydrogen (secondary N) is 1. The molecule has 0 aliphatic heterocycles. The summed E-state index contributed by atoms with van der Waals surface area (Å²) < 4.78 is 7.11. The van der Waals surface area contributed by atoms with Gasteiger partial charge >= 0.3 is 5.97 Å². The molecular weight excluding hydrogens is 330 g/mol. The molecule has 3 aromatic rings. The van der Waals surface area contributed by atoms with Gasteiger partial charge < -0.3 is 14.6 Å². The van der Waals surface area contributed by atoms with E-state index in [0.29, 0.717) is 23.6 Å². The Morgan fingerprint density at radius 1 is 1.15 bits per heavy atom. The summed E-state index contributed by atoms with van der Waals surface area (Å²) in [7, 11) is 0. The minimum absolute atomic E-state index is 0.252. The van der Waals surface area contributed by atoms with Crippen LogP contribution in [0.3, 0.4) is 0 Å². The smallest absolute Gasteiger partial charge is 0.339 e. The van der Waals surface area contributed by atoms with E-state index in [4.69, 9.17) is 4.74 Å². The van der Waals surface area contributed by atoms with Crippen LogP contribution in [-0.4, -0.2) is 28.0 Å². The first-order valence-corrected chi connectivity index (χ1v) is 8.58. The van der Waals surface area contributed by atoms with E-state index in [1.165, 1.54) is 6.07 Å². The van der Waals surface area contributed by atoms with Gasteiger partial charge in [0.1, 0.15) is 5.69 Å². The lowest BCUT2D eigenvalue weighted by Crippen LogP contribution is -2.16.